The predicted molar refractivity (Wildman–Crippen MR) is 101 cm³/mol. The molecule has 26 heavy (non-hydrogen) atoms. The van der Waals surface area contributed by atoms with Crippen molar-refractivity contribution >= 4 is 30.2 Å². The minimum atomic E-state index is -0.760. The Morgan fingerprint density at radius 3 is 2.62 bits per heavy atom. The van der Waals surface area contributed by atoms with Crippen LogP contribution in [0.2, 0.25) is 0 Å². The zero-order chi connectivity index (χ0) is 18.9. The van der Waals surface area contributed by atoms with Gasteiger partial charge in [0.15, 0.2) is 5.78 Å². The number of ether oxygens (including phenoxy) is 1. The van der Waals surface area contributed by atoms with Crippen LogP contribution in [0.5, 0.6) is 0 Å². The maximum Gasteiger partial charge on any atom is 0.307 e. The van der Waals surface area contributed by atoms with E-state index in [1.54, 1.807) is 0 Å². The summed E-state index contributed by atoms with van der Waals surface area (Å²) in [6.07, 6.45) is 7.96. The van der Waals surface area contributed by atoms with E-state index in [9.17, 15) is 14.4 Å². The Kier molecular flexibility index (Phi) is 3.86. The van der Waals surface area contributed by atoms with Crippen LogP contribution in [0, 0.1) is 22.7 Å². The molecule has 0 aromatic carbocycles. The Hall–Kier alpha value is -1.36. The fraction of sp³-hybridized carbons (Fsp3) is 0.667. The van der Waals surface area contributed by atoms with Gasteiger partial charge in [0.05, 0.1) is 4.75 Å². The van der Waals surface area contributed by atoms with Gasteiger partial charge in [0.25, 0.3) is 0 Å². The van der Waals surface area contributed by atoms with Crippen molar-refractivity contribution in [3.8, 4) is 0 Å². The fourth-order valence-corrected chi connectivity index (χ4v) is 6.73. The standard InChI is InChI=1S/C21H26O4S/c1-12(22)25-14-8-9-20(3)13(10-14)4-5-16-15-6-7-17(23)19(15,2)11-18(24)21(16,20)26/h4,10,15-16,26H,5-9,11H2,1-3H3/t15-,16-,19-,20+,21-/m0/s1. The number of hydrogen-bond acceptors (Lipinski definition) is 5. The topological polar surface area (TPSA) is 60.4 Å². The molecular formula is C21H26O4S. The van der Waals surface area contributed by atoms with E-state index in [0.29, 0.717) is 25.0 Å². The van der Waals surface area contributed by atoms with Crippen molar-refractivity contribution in [3.05, 3.63) is 23.5 Å². The molecular weight excluding hydrogens is 348 g/mol. The number of ketones is 2. The summed E-state index contributed by atoms with van der Waals surface area (Å²) in [5, 5.41) is 0. The smallest absolute Gasteiger partial charge is 0.307 e. The Labute approximate surface area is 159 Å². The highest BCUT2D eigenvalue weighted by molar-refractivity contribution is 7.82. The lowest BCUT2D eigenvalue weighted by atomic mass is 9.47. The molecule has 2 saturated carbocycles. The molecule has 5 heteroatoms. The van der Waals surface area contributed by atoms with Crippen molar-refractivity contribution < 1.29 is 19.1 Å². The zero-order valence-electron chi connectivity index (χ0n) is 15.6. The molecule has 0 heterocycles. The van der Waals surface area contributed by atoms with Crippen LogP contribution in [0.15, 0.2) is 23.5 Å². The summed E-state index contributed by atoms with van der Waals surface area (Å²) in [6.45, 7) is 5.51. The highest BCUT2D eigenvalue weighted by atomic mass is 32.1. The van der Waals surface area contributed by atoms with Crippen LogP contribution in [0.1, 0.15) is 59.3 Å². The number of allylic oxidation sites excluding steroid dienone is 4. The molecule has 0 aromatic heterocycles. The molecule has 2 fully saturated rings. The van der Waals surface area contributed by atoms with Crippen molar-refractivity contribution in [2.45, 2.75) is 64.0 Å². The summed E-state index contributed by atoms with van der Waals surface area (Å²) in [5.41, 5.74) is 0.142. The van der Waals surface area contributed by atoms with Gasteiger partial charge in [-0.1, -0.05) is 19.9 Å². The second-order valence-electron chi connectivity index (χ2n) is 8.89. The molecule has 0 aromatic rings. The summed E-state index contributed by atoms with van der Waals surface area (Å²) >= 11 is 5.09. The second kappa shape index (κ2) is 5.57. The number of rotatable bonds is 1. The zero-order valence-corrected chi connectivity index (χ0v) is 16.5. The molecule has 0 radical (unpaired) electrons. The van der Waals surface area contributed by atoms with E-state index in [1.165, 1.54) is 6.92 Å². The normalized spacial score (nSPS) is 44.5. The van der Waals surface area contributed by atoms with E-state index in [-0.39, 0.29) is 29.4 Å². The largest absolute Gasteiger partial charge is 0.431 e. The van der Waals surface area contributed by atoms with Crippen molar-refractivity contribution in [1.29, 1.82) is 0 Å². The molecule has 4 aliphatic rings. The van der Waals surface area contributed by atoms with Gasteiger partial charge in [-0.05, 0) is 42.7 Å². The van der Waals surface area contributed by atoms with Gasteiger partial charge in [-0.2, -0.15) is 12.6 Å². The number of carbonyl (C=O) groups excluding carboxylic acids is 3. The van der Waals surface area contributed by atoms with Crippen LogP contribution in [0.4, 0.5) is 0 Å². The lowest BCUT2D eigenvalue weighted by Crippen LogP contribution is -2.64. The molecule has 0 unspecified atom stereocenters. The first-order valence-corrected chi connectivity index (χ1v) is 9.96. The minimum absolute atomic E-state index is 0.0842. The third-order valence-electron chi connectivity index (χ3n) is 7.65. The van der Waals surface area contributed by atoms with E-state index in [0.717, 1.165) is 24.8 Å². The maximum absolute atomic E-state index is 13.4. The van der Waals surface area contributed by atoms with Gasteiger partial charge in [-0.25, -0.2) is 0 Å². The lowest BCUT2D eigenvalue weighted by molar-refractivity contribution is -0.144. The van der Waals surface area contributed by atoms with Crippen LogP contribution in [-0.2, 0) is 19.1 Å². The van der Waals surface area contributed by atoms with Crippen LogP contribution >= 0.6 is 12.6 Å². The molecule has 0 aliphatic heterocycles. The van der Waals surface area contributed by atoms with Gasteiger partial charge >= 0.3 is 5.97 Å². The fourth-order valence-electron chi connectivity index (χ4n) is 6.13. The van der Waals surface area contributed by atoms with Crippen molar-refractivity contribution in [2.75, 3.05) is 0 Å². The average molecular weight is 375 g/mol. The first kappa shape index (κ1) is 18.0. The number of esters is 1. The van der Waals surface area contributed by atoms with Gasteiger partial charge in [0.2, 0.25) is 0 Å². The van der Waals surface area contributed by atoms with Crippen molar-refractivity contribution in [1.82, 2.24) is 0 Å². The van der Waals surface area contributed by atoms with Crippen molar-refractivity contribution in [2.24, 2.45) is 22.7 Å². The lowest BCUT2D eigenvalue weighted by Gasteiger charge is -2.60. The number of hydrogen-bond donors (Lipinski definition) is 1. The molecule has 5 atom stereocenters. The van der Waals surface area contributed by atoms with E-state index in [1.807, 2.05) is 13.0 Å². The van der Waals surface area contributed by atoms with Crippen molar-refractivity contribution in [3.63, 3.8) is 0 Å². The Morgan fingerprint density at radius 2 is 1.92 bits per heavy atom. The summed E-state index contributed by atoms with van der Waals surface area (Å²) in [7, 11) is 0. The van der Waals surface area contributed by atoms with E-state index in [2.05, 4.69) is 13.0 Å². The molecule has 4 aliphatic carbocycles. The minimum Gasteiger partial charge on any atom is -0.431 e. The highest BCUT2D eigenvalue weighted by Gasteiger charge is 2.68. The number of Topliss-reactive ketones (excluding diaryl/α,β-unsaturated/α-hetero) is 2. The Morgan fingerprint density at radius 1 is 1.19 bits per heavy atom. The van der Waals surface area contributed by atoms with E-state index >= 15 is 0 Å². The van der Waals surface area contributed by atoms with Gasteiger partial charge in [0.1, 0.15) is 11.5 Å². The van der Waals surface area contributed by atoms with Crippen LogP contribution in [-0.4, -0.2) is 22.3 Å². The molecule has 0 spiro atoms. The summed E-state index contributed by atoms with van der Waals surface area (Å²) in [4.78, 5) is 37.2. The monoisotopic (exact) mass is 374 g/mol. The quantitative estimate of drug-likeness (QED) is 0.560. The molecule has 0 amide bonds. The molecule has 4 rings (SSSR count). The number of thiol groups is 1. The average Bonchev–Trinajstić information content (AvgIpc) is 2.84. The van der Waals surface area contributed by atoms with Crippen LogP contribution < -0.4 is 0 Å². The van der Waals surface area contributed by atoms with Gasteiger partial charge in [-0.3, -0.25) is 14.4 Å². The van der Waals surface area contributed by atoms with Gasteiger partial charge in [0, 0.05) is 37.0 Å². The van der Waals surface area contributed by atoms with Gasteiger partial charge in [-0.15, -0.1) is 0 Å². The molecule has 4 nitrogen and oxygen atoms in total. The van der Waals surface area contributed by atoms with E-state index < -0.39 is 15.6 Å². The Bertz CT molecular complexity index is 781. The van der Waals surface area contributed by atoms with Gasteiger partial charge < -0.3 is 4.74 Å². The summed E-state index contributed by atoms with van der Waals surface area (Å²) in [5.74, 6) is 1.01. The first-order chi connectivity index (χ1) is 12.1. The number of fused-ring (bicyclic) bond motifs is 5. The predicted octanol–water partition coefficient (Wildman–Crippen LogP) is 3.81. The highest BCUT2D eigenvalue weighted by Crippen LogP contribution is 2.66. The number of carbonyl (C=O) groups is 3. The molecule has 0 bridgehead atoms. The maximum atomic E-state index is 13.4. The molecule has 140 valence electrons. The Balaban J connectivity index is 1.78. The third-order valence-corrected chi connectivity index (χ3v) is 8.72. The van der Waals surface area contributed by atoms with E-state index in [4.69, 9.17) is 17.4 Å². The first-order valence-electron chi connectivity index (χ1n) is 9.51. The summed E-state index contributed by atoms with van der Waals surface area (Å²) < 4.78 is 4.55. The van der Waals surface area contributed by atoms with Crippen LogP contribution in [0.3, 0.4) is 0 Å². The second-order valence-corrected chi connectivity index (χ2v) is 9.60. The molecule has 0 N–H and O–H groups in total. The van der Waals surface area contributed by atoms with Crippen LogP contribution in [0.25, 0.3) is 0 Å². The molecule has 0 saturated heterocycles. The third kappa shape index (κ3) is 2.12. The SMILES string of the molecule is CC(=O)OC1=CC2=CC[C@H]3[C@@H]4CCC(=O)[C@@]4(C)CC(=O)[C@]3(S)[C@]2(C)CC1. The summed E-state index contributed by atoms with van der Waals surface area (Å²) in [6, 6.07) is 0.